The molecule has 210 valence electrons. The van der Waals surface area contributed by atoms with Gasteiger partial charge in [-0.25, -0.2) is 15.0 Å². The summed E-state index contributed by atoms with van der Waals surface area (Å²) in [5.41, 5.74) is 3.61. The Bertz CT molecular complexity index is 1510. The summed E-state index contributed by atoms with van der Waals surface area (Å²) < 4.78 is 41.4. The maximum absolute atomic E-state index is 13.1. The van der Waals surface area contributed by atoms with E-state index in [0.29, 0.717) is 39.9 Å². The highest BCUT2D eigenvalue weighted by Gasteiger charge is 2.32. The Balaban J connectivity index is 0.00000118. The molecule has 0 saturated heterocycles. The van der Waals surface area contributed by atoms with E-state index in [1.54, 1.807) is 0 Å². The number of imidazole rings is 1. The molecule has 1 saturated carbocycles. The van der Waals surface area contributed by atoms with Crippen molar-refractivity contribution in [2.45, 2.75) is 59.0 Å². The van der Waals surface area contributed by atoms with E-state index in [9.17, 15) is 18.3 Å². The monoisotopic (exact) mass is 553 g/mol. The van der Waals surface area contributed by atoms with Gasteiger partial charge in [-0.2, -0.15) is 22.8 Å². The zero-order valence-electron chi connectivity index (χ0n) is 22.4. The van der Waals surface area contributed by atoms with E-state index in [-0.39, 0.29) is 25.3 Å². The third-order valence-electron chi connectivity index (χ3n) is 7.32. The lowest BCUT2D eigenvalue weighted by Crippen LogP contribution is -2.35. The topological polar surface area (TPSA) is 110 Å². The zero-order chi connectivity index (χ0) is 29.0. The minimum Gasteiger partial charge on any atom is -0.392 e. The summed E-state index contributed by atoms with van der Waals surface area (Å²) in [5.74, 6) is 2.48. The highest BCUT2D eigenvalue weighted by Crippen LogP contribution is 2.38. The molecule has 0 amide bonds. The van der Waals surface area contributed by atoms with Crippen molar-refractivity contribution in [2.24, 2.45) is 11.8 Å². The lowest BCUT2D eigenvalue weighted by atomic mass is 9.72. The third kappa shape index (κ3) is 6.21. The smallest absolute Gasteiger partial charge is 0.392 e. The van der Waals surface area contributed by atoms with Crippen molar-refractivity contribution in [3.63, 3.8) is 0 Å². The first-order valence-corrected chi connectivity index (χ1v) is 12.9. The van der Waals surface area contributed by atoms with Crippen LogP contribution in [0.3, 0.4) is 0 Å². The van der Waals surface area contributed by atoms with E-state index in [2.05, 4.69) is 29.1 Å². The fourth-order valence-corrected chi connectivity index (χ4v) is 5.16. The van der Waals surface area contributed by atoms with Gasteiger partial charge in [0.05, 0.1) is 12.2 Å². The molecule has 2 heterocycles. The van der Waals surface area contributed by atoms with Crippen LogP contribution in [0.4, 0.5) is 19.0 Å². The second-order valence-corrected chi connectivity index (χ2v) is 10.3. The number of fused-ring (bicyclic) bond motifs is 1. The molecular weight excluding hydrogens is 523 g/mol. The molecule has 5 rings (SSSR count). The van der Waals surface area contributed by atoms with Crippen LogP contribution < -0.4 is 5.32 Å². The molecule has 1 fully saturated rings. The van der Waals surface area contributed by atoms with Crippen molar-refractivity contribution >= 4 is 23.1 Å². The van der Waals surface area contributed by atoms with Crippen LogP contribution in [0.2, 0.25) is 0 Å². The molecule has 40 heavy (non-hydrogen) atoms. The van der Waals surface area contributed by atoms with E-state index in [1.165, 1.54) is 18.5 Å². The van der Waals surface area contributed by atoms with Crippen molar-refractivity contribution in [2.75, 3.05) is 5.32 Å². The van der Waals surface area contributed by atoms with E-state index in [0.717, 1.165) is 42.0 Å². The number of hydrogen-bond acceptors (Lipinski definition) is 7. The van der Waals surface area contributed by atoms with Crippen LogP contribution in [0.5, 0.6) is 0 Å². The van der Waals surface area contributed by atoms with Gasteiger partial charge in [0.1, 0.15) is 17.7 Å². The molecule has 4 aromatic rings. The van der Waals surface area contributed by atoms with Gasteiger partial charge >= 0.3 is 12.3 Å². The molecule has 0 aliphatic heterocycles. The quantitative estimate of drug-likeness (QED) is 0.306. The first-order chi connectivity index (χ1) is 19.0. The van der Waals surface area contributed by atoms with Crippen LogP contribution in [0.15, 0.2) is 48.8 Å². The average molecular weight is 554 g/mol. The molecule has 8 nitrogen and oxygen atoms in total. The van der Waals surface area contributed by atoms with Gasteiger partial charge in [0.15, 0.2) is 11.5 Å². The van der Waals surface area contributed by atoms with Crippen LogP contribution >= 0.6 is 0 Å². The van der Waals surface area contributed by atoms with Crippen LogP contribution in [0.25, 0.3) is 22.6 Å². The number of aliphatic hydroxyl groups excluding tert-OH is 1. The minimum absolute atomic E-state index is 0.174. The summed E-state index contributed by atoms with van der Waals surface area (Å²) in [6, 6.07) is 11.1. The lowest BCUT2D eigenvalue weighted by molar-refractivity contribution is -0.191. The number of halogens is 3. The van der Waals surface area contributed by atoms with Crippen LogP contribution in [0, 0.1) is 18.8 Å². The SMILES string of the molecule is Cc1ccc(CO)c(-c2nc3ncnc(NC(C)C4CC(C)C4)c3n2Cc2ccc(C(F)(F)F)cc2)c1.O=C=O. The fraction of sp³-hybridized carbons (Fsp3) is 0.379. The Labute approximate surface area is 229 Å². The van der Waals surface area contributed by atoms with E-state index >= 15 is 0 Å². The Morgan fingerprint density at radius 3 is 2.40 bits per heavy atom. The van der Waals surface area contributed by atoms with Crippen LogP contribution in [-0.2, 0) is 28.9 Å². The third-order valence-corrected chi connectivity index (χ3v) is 7.32. The largest absolute Gasteiger partial charge is 0.416 e. The van der Waals surface area contributed by atoms with Crippen molar-refractivity contribution in [1.29, 1.82) is 0 Å². The number of aliphatic hydroxyl groups is 1. The highest BCUT2D eigenvalue weighted by molar-refractivity contribution is 5.87. The summed E-state index contributed by atoms with van der Waals surface area (Å²) in [6.45, 7) is 6.44. The molecule has 1 aliphatic rings. The Morgan fingerprint density at radius 2 is 1.80 bits per heavy atom. The van der Waals surface area contributed by atoms with Gasteiger partial charge in [-0.1, -0.05) is 36.8 Å². The summed E-state index contributed by atoms with van der Waals surface area (Å²) >= 11 is 0. The molecule has 1 unspecified atom stereocenters. The van der Waals surface area contributed by atoms with E-state index in [4.69, 9.17) is 14.6 Å². The Hall–Kier alpha value is -4.08. The standard InChI is InChI=1S/C28H30F3N5O.CO2/c1-16-4-7-20(14-37)23(12-16)27-35-26-24(25(32-15-33-26)34-18(3)21-10-17(2)11-21)36(27)13-19-5-8-22(9-6-19)28(29,30)31;2-1-3/h4-9,12,15,17-18,21,37H,10-11,13-14H2,1-3H3,(H,32,33,34);. The van der Waals surface area contributed by atoms with Crippen molar-refractivity contribution in [3.05, 3.63) is 71.0 Å². The summed E-state index contributed by atoms with van der Waals surface area (Å²) in [5, 5.41) is 13.6. The summed E-state index contributed by atoms with van der Waals surface area (Å²) in [4.78, 5) is 30.0. The van der Waals surface area contributed by atoms with Gasteiger partial charge in [-0.15, -0.1) is 0 Å². The molecule has 2 N–H and O–H groups in total. The predicted molar refractivity (Wildman–Crippen MR) is 142 cm³/mol. The minimum atomic E-state index is -4.40. The first-order valence-electron chi connectivity index (χ1n) is 12.9. The predicted octanol–water partition coefficient (Wildman–Crippen LogP) is 5.62. The van der Waals surface area contributed by atoms with Crippen molar-refractivity contribution in [1.82, 2.24) is 19.5 Å². The normalized spacial score (nSPS) is 17.4. The van der Waals surface area contributed by atoms with Gasteiger partial charge in [0.25, 0.3) is 0 Å². The van der Waals surface area contributed by atoms with Gasteiger partial charge in [-0.3, -0.25) is 0 Å². The number of anilines is 1. The maximum Gasteiger partial charge on any atom is 0.416 e. The molecule has 11 heteroatoms. The number of aromatic nitrogens is 4. The number of nitrogens with one attached hydrogen (secondary N) is 1. The molecule has 2 aromatic heterocycles. The Morgan fingerprint density at radius 1 is 1.12 bits per heavy atom. The molecule has 2 aromatic carbocycles. The Kier molecular flexibility index (Phi) is 8.66. The number of benzene rings is 2. The van der Waals surface area contributed by atoms with Crippen molar-refractivity contribution in [3.8, 4) is 11.4 Å². The molecule has 1 atom stereocenters. The van der Waals surface area contributed by atoms with Gasteiger partial charge in [0, 0.05) is 18.2 Å². The number of alkyl halides is 3. The fourth-order valence-electron chi connectivity index (χ4n) is 5.16. The summed E-state index contributed by atoms with van der Waals surface area (Å²) in [6.07, 6.45) is -0.366. The zero-order valence-corrected chi connectivity index (χ0v) is 22.4. The molecular formula is C29H30F3N5O3. The average Bonchev–Trinajstić information content (AvgIpc) is 3.26. The number of hydrogen-bond donors (Lipinski definition) is 2. The molecule has 0 bridgehead atoms. The number of rotatable bonds is 7. The van der Waals surface area contributed by atoms with Crippen molar-refractivity contribution < 1.29 is 27.9 Å². The lowest BCUT2D eigenvalue weighted by Gasteiger charge is -2.37. The second kappa shape index (κ2) is 12.0. The van der Waals surface area contributed by atoms with Gasteiger partial charge < -0.3 is 15.0 Å². The van der Waals surface area contributed by atoms with Gasteiger partial charge in [0.2, 0.25) is 0 Å². The molecule has 0 spiro atoms. The maximum atomic E-state index is 13.1. The number of aryl methyl sites for hydroxylation is 1. The molecule has 0 radical (unpaired) electrons. The van der Waals surface area contributed by atoms with Gasteiger partial charge in [-0.05, 0) is 67.9 Å². The number of nitrogens with zero attached hydrogens (tertiary/aromatic N) is 4. The second-order valence-electron chi connectivity index (χ2n) is 10.3. The molecule has 1 aliphatic carbocycles. The summed E-state index contributed by atoms with van der Waals surface area (Å²) in [7, 11) is 0. The number of carbonyl (C=O) groups excluding carboxylic acids is 2. The highest BCUT2D eigenvalue weighted by atomic mass is 19.4. The van der Waals surface area contributed by atoms with E-state index in [1.807, 2.05) is 29.7 Å². The van der Waals surface area contributed by atoms with E-state index < -0.39 is 11.7 Å². The first kappa shape index (κ1) is 28.9. The van der Waals surface area contributed by atoms with Crippen LogP contribution in [-0.4, -0.2) is 36.8 Å². The van der Waals surface area contributed by atoms with Crippen LogP contribution in [0.1, 0.15) is 48.9 Å².